The lowest BCUT2D eigenvalue weighted by Crippen LogP contribution is -2.44. The van der Waals surface area contributed by atoms with Crippen LogP contribution in [0.5, 0.6) is 0 Å². The van der Waals surface area contributed by atoms with E-state index in [2.05, 4.69) is 20.8 Å². The molecule has 0 aliphatic carbocycles. The summed E-state index contributed by atoms with van der Waals surface area (Å²) in [7, 11) is 0. The number of hydrogen-bond donors (Lipinski definition) is 0. The summed E-state index contributed by atoms with van der Waals surface area (Å²) in [4.78, 5) is 34.7. The van der Waals surface area contributed by atoms with Crippen LogP contribution in [0.1, 0.15) is 40.0 Å². The number of piperidine rings is 2. The van der Waals surface area contributed by atoms with Gasteiger partial charge >= 0.3 is 0 Å². The Kier molecular flexibility index (Phi) is 6.89. The van der Waals surface area contributed by atoms with E-state index >= 15 is 0 Å². The molecule has 31 heavy (non-hydrogen) atoms. The van der Waals surface area contributed by atoms with Gasteiger partial charge in [-0.3, -0.25) is 9.59 Å². The molecule has 2 fully saturated rings. The molecule has 6 nitrogen and oxygen atoms in total. The zero-order valence-electron chi connectivity index (χ0n) is 18.9. The van der Waals surface area contributed by atoms with Crippen LogP contribution in [-0.2, 0) is 16.1 Å². The predicted molar refractivity (Wildman–Crippen MR) is 125 cm³/mol. The second kappa shape index (κ2) is 9.63. The van der Waals surface area contributed by atoms with Crippen molar-refractivity contribution in [3.8, 4) is 0 Å². The Balaban J connectivity index is 1.49. The highest BCUT2D eigenvalue weighted by molar-refractivity contribution is 7.99. The molecule has 0 saturated carbocycles. The quantitative estimate of drug-likeness (QED) is 0.659. The number of carbonyl (C=O) groups excluding carboxylic acids is 2. The van der Waals surface area contributed by atoms with E-state index in [0.29, 0.717) is 23.5 Å². The number of para-hydroxylation sites is 2. The molecule has 2 aromatic rings. The molecule has 1 aromatic carbocycles. The predicted octanol–water partition coefficient (Wildman–Crippen LogP) is 3.89. The maximum absolute atomic E-state index is 13.2. The zero-order chi connectivity index (χ0) is 22.0. The lowest BCUT2D eigenvalue weighted by atomic mass is 9.92. The van der Waals surface area contributed by atoms with Crippen LogP contribution in [0.2, 0.25) is 0 Å². The van der Waals surface area contributed by atoms with Crippen molar-refractivity contribution in [3.63, 3.8) is 0 Å². The summed E-state index contributed by atoms with van der Waals surface area (Å²) in [6, 6.07) is 7.92. The van der Waals surface area contributed by atoms with Crippen molar-refractivity contribution in [2.75, 3.05) is 31.9 Å². The summed E-state index contributed by atoms with van der Waals surface area (Å²) >= 11 is 1.46. The second-order valence-corrected chi connectivity index (χ2v) is 10.5. The number of thioether (sulfide) groups is 1. The molecule has 168 valence electrons. The summed E-state index contributed by atoms with van der Waals surface area (Å²) in [5.74, 6) is 2.30. The molecule has 2 aliphatic heterocycles. The number of hydrogen-bond acceptors (Lipinski definition) is 4. The van der Waals surface area contributed by atoms with Gasteiger partial charge in [0.2, 0.25) is 11.8 Å². The fourth-order valence-corrected chi connectivity index (χ4v) is 5.97. The summed E-state index contributed by atoms with van der Waals surface area (Å²) < 4.78 is 2.00. The van der Waals surface area contributed by atoms with Gasteiger partial charge in [0.15, 0.2) is 5.16 Å². The Labute approximate surface area is 189 Å². The molecule has 2 aliphatic rings. The van der Waals surface area contributed by atoms with Gasteiger partial charge in [0.1, 0.15) is 6.54 Å². The Morgan fingerprint density at radius 2 is 1.71 bits per heavy atom. The lowest BCUT2D eigenvalue weighted by Gasteiger charge is -2.35. The molecule has 3 atom stereocenters. The topological polar surface area (TPSA) is 58.4 Å². The standard InChI is InChI=1S/C24H34N4O2S/c1-17-7-6-10-26(12-17)23(30)16-31-24-25-20-8-4-5-9-21(20)28(24)15-22(29)27-13-18(2)11-19(3)14-27/h4-5,8-9,17-19H,6-7,10-16H2,1-3H3/t17-,18-,19+/m0/s1. The van der Waals surface area contributed by atoms with Crippen LogP contribution in [-0.4, -0.2) is 63.1 Å². The normalized spacial score (nSPS) is 24.5. The smallest absolute Gasteiger partial charge is 0.242 e. The first-order valence-corrected chi connectivity index (χ1v) is 12.5. The maximum Gasteiger partial charge on any atom is 0.242 e. The van der Waals surface area contributed by atoms with E-state index < -0.39 is 0 Å². The monoisotopic (exact) mass is 442 g/mol. The van der Waals surface area contributed by atoms with E-state index in [4.69, 9.17) is 4.98 Å². The average Bonchev–Trinajstić information content (AvgIpc) is 3.08. The van der Waals surface area contributed by atoms with Crippen LogP contribution in [0.15, 0.2) is 29.4 Å². The fraction of sp³-hybridized carbons (Fsp3) is 0.625. The number of likely N-dealkylation sites (tertiary alicyclic amines) is 2. The number of aromatic nitrogens is 2. The second-order valence-electron chi connectivity index (χ2n) is 9.59. The van der Waals surface area contributed by atoms with Crippen LogP contribution >= 0.6 is 11.8 Å². The van der Waals surface area contributed by atoms with Crippen LogP contribution in [0, 0.1) is 17.8 Å². The van der Waals surface area contributed by atoms with Gasteiger partial charge in [0.05, 0.1) is 16.8 Å². The van der Waals surface area contributed by atoms with E-state index in [1.54, 1.807) is 0 Å². The van der Waals surface area contributed by atoms with Gasteiger partial charge in [-0.15, -0.1) is 0 Å². The SMILES string of the molecule is C[C@@H]1C[C@H](C)CN(C(=O)Cn2c(SCC(=O)N3CCC[C@H](C)C3)nc3ccccc32)C1. The number of benzene rings is 1. The Hall–Kier alpha value is -2.02. The molecule has 2 saturated heterocycles. The summed E-state index contributed by atoms with van der Waals surface area (Å²) in [5, 5.41) is 0.756. The minimum Gasteiger partial charge on any atom is -0.342 e. The molecule has 3 heterocycles. The maximum atomic E-state index is 13.2. The van der Waals surface area contributed by atoms with E-state index in [-0.39, 0.29) is 18.4 Å². The molecule has 0 N–H and O–H groups in total. The number of rotatable bonds is 5. The minimum atomic E-state index is 0.139. The molecule has 0 radical (unpaired) electrons. The molecule has 0 bridgehead atoms. The van der Waals surface area contributed by atoms with Crippen LogP contribution in [0.3, 0.4) is 0 Å². The summed E-state index contributed by atoms with van der Waals surface area (Å²) in [5.41, 5.74) is 1.83. The zero-order valence-corrected chi connectivity index (χ0v) is 19.7. The van der Waals surface area contributed by atoms with E-state index in [1.807, 2.05) is 38.6 Å². The third kappa shape index (κ3) is 5.25. The number of carbonyl (C=O) groups is 2. The Morgan fingerprint density at radius 1 is 1.00 bits per heavy atom. The van der Waals surface area contributed by atoms with Crippen LogP contribution in [0.4, 0.5) is 0 Å². The Morgan fingerprint density at radius 3 is 2.45 bits per heavy atom. The first kappa shape index (κ1) is 22.2. The largest absolute Gasteiger partial charge is 0.342 e. The first-order chi connectivity index (χ1) is 14.9. The number of nitrogens with zero attached hydrogens (tertiary/aromatic N) is 4. The molecular weight excluding hydrogens is 408 g/mol. The third-order valence-corrected chi connectivity index (χ3v) is 7.43. The molecule has 1 aromatic heterocycles. The van der Waals surface area contributed by atoms with Gasteiger partial charge in [0.25, 0.3) is 0 Å². The molecule has 4 rings (SSSR count). The number of imidazole rings is 1. The first-order valence-electron chi connectivity index (χ1n) is 11.5. The molecule has 7 heteroatoms. The van der Waals surface area contributed by atoms with Crippen molar-refractivity contribution in [1.29, 1.82) is 0 Å². The number of fused-ring (bicyclic) bond motifs is 1. The van der Waals surface area contributed by atoms with Gasteiger partial charge in [-0.25, -0.2) is 4.98 Å². The van der Waals surface area contributed by atoms with Crippen LogP contribution < -0.4 is 0 Å². The van der Waals surface area contributed by atoms with Crippen molar-refractivity contribution in [2.45, 2.75) is 51.7 Å². The van der Waals surface area contributed by atoms with Crippen molar-refractivity contribution in [3.05, 3.63) is 24.3 Å². The van der Waals surface area contributed by atoms with Crippen molar-refractivity contribution in [1.82, 2.24) is 19.4 Å². The van der Waals surface area contributed by atoms with Gasteiger partial charge in [0, 0.05) is 26.2 Å². The van der Waals surface area contributed by atoms with E-state index in [0.717, 1.165) is 48.8 Å². The Bertz CT molecular complexity index is 933. The molecule has 2 amide bonds. The van der Waals surface area contributed by atoms with Gasteiger partial charge in [-0.05, 0) is 49.1 Å². The highest BCUT2D eigenvalue weighted by Gasteiger charge is 2.27. The van der Waals surface area contributed by atoms with Crippen molar-refractivity contribution >= 4 is 34.6 Å². The van der Waals surface area contributed by atoms with E-state index in [9.17, 15) is 9.59 Å². The highest BCUT2D eigenvalue weighted by Crippen LogP contribution is 2.27. The van der Waals surface area contributed by atoms with Gasteiger partial charge in [-0.2, -0.15) is 0 Å². The molecule has 0 spiro atoms. The minimum absolute atomic E-state index is 0.139. The van der Waals surface area contributed by atoms with Crippen molar-refractivity contribution < 1.29 is 9.59 Å². The fourth-order valence-electron chi connectivity index (χ4n) is 5.05. The van der Waals surface area contributed by atoms with Gasteiger partial charge < -0.3 is 14.4 Å². The average molecular weight is 443 g/mol. The van der Waals surface area contributed by atoms with Crippen molar-refractivity contribution in [2.24, 2.45) is 17.8 Å². The van der Waals surface area contributed by atoms with E-state index in [1.165, 1.54) is 24.6 Å². The number of amides is 2. The highest BCUT2D eigenvalue weighted by atomic mass is 32.2. The lowest BCUT2D eigenvalue weighted by molar-refractivity contribution is -0.134. The summed E-state index contributed by atoms with van der Waals surface area (Å²) in [6.45, 7) is 10.3. The third-order valence-electron chi connectivity index (χ3n) is 6.47. The summed E-state index contributed by atoms with van der Waals surface area (Å²) in [6.07, 6.45) is 3.45. The van der Waals surface area contributed by atoms with Crippen LogP contribution in [0.25, 0.3) is 11.0 Å². The molecular formula is C24H34N4O2S. The molecule has 0 unspecified atom stereocenters. The van der Waals surface area contributed by atoms with Gasteiger partial charge in [-0.1, -0.05) is 44.7 Å².